The van der Waals surface area contributed by atoms with Crippen LogP contribution in [0.1, 0.15) is 18.5 Å². The molecule has 0 saturated carbocycles. The number of aliphatic hydroxyl groups is 1. The number of fused-ring (bicyclic) bond motifs is 1. The van der Waals surface area contributed by atoms with Gasteiger partial charge in [0.1, 0.15) is 6.61 Å². The number of rotatable bonds is 8. The van der Waals surface area contributed by atoms with E-state index in [4.69, 9.17) is 14.2 Å². The number of aliphatic hydroxyl groups excluding tert-OH is 1. The fraction of sp³-hybridized carbons (Fsp3) is 0.400. The Labute approximate surface area is 148 Å². The average molecular weight is 343 g/mol. The molecule has 5 heteroatoms. The Morgan fingerprint density at radius 3 is 2.64 bits per heavy atom. The smallest absolute Gasteiger partial charge is 0.161 e. The molecule has 3 atom stereocenters. The van der Waals surface area contributed by atoms with Gasteiger partial charge in [0, 0.05) is 12.6 Å². The summed E-state index contributed by atoms with van der Waals surface area (Å²) >= 11 is 0. The molecule has 0 unspecified atom stereocenters. The third kappa shape index (κ3) is 5.19. The van der Waals surface area contributed by atoms with E-state index in [2.05, 4.69) is 24.4 Å². The van der Waals surface area contributed by atoms with Crippen LogP contribution in [0, 0.1) is 0 Å². The Kier molecular flexibility index (Phi) is 6.28. The molecule has 1 aliphatic rings. The summed E-state index contributed by atoms with van der Waals surface area (Å²) in [5.41, 5.74) is 1.20. The van der Waals surface area contributed by atoms with Crippen LogP contribution in [0.2, 0.25) is 0 Å². The molecule has 0 fully saturated rings. The van der Waals surface area contributed by atoms with Gasteiger partial charge in [-0.3, -0.25) is 0 Å². The van der Waals surface area contributed by atoms with E-state index in [1.807, 2.05) is 42.5 Å². The molecular weight excluding hydrogens is 318 g/mol. The van der Waals surface area contributed by atoms with Crippen LogP contribution in [-0.2, 0) is 4.74 Å². The molecule has 0 amide bonds. The highest BCUT2D eigenvalue weighted by Gasteiger charge is 2.21. The number of ether oxygens (including phenoxy) is 3. The molecular formula is C20H25NO4. The van der Waals surface area contributed by atoms with Gasteiger partial charge in [-0.2, -0.15) is 0 Å². The van der Waals surface area contributed by atoms with Crippen LogP contribution in [0.3, 0.4) is 0 Å². The van der Waals surface area contributed by atoms with Crippen molar-refractivity contribution in [3.63, 3.8) is 0 Å². The third-order valence-corrected chi connectivity index (χ3v) is 4.14. The van der Waals surface area contributed by atoms with Gasteiger partial charge in [0.05, 0.1) is 19.3 Å². The molecule has 0 bridgehead atoms. The van der Waals surface area contributed by atoms with Crippen LogP contribution in [0.4, 0.5) is 0 Å². The van der Waals surface area contributed by atoms with Crippen LogP contribution in [-0.4, -0.2) is 43.7 Å². The zero-order chi connectivity index (χ0) is 17.5. The van der Waals surface area contributed by atoms with Crippen molar-refractivity contribution in [2.45, 2.75) is 25.2 Å². The van der Waals surface area contributed by atoms with Crippen molar-refractivity contribution in [1.82, 2.24) is 5.32 Å². The van der Waals surface area contributed by atoms with Gasteiger partial charge in [0.25, 0.3) is 0 Å². The van der Waals surface area contributed by atoms with Gasteiger partial charge in [0.15, 0.2) is 17.6 Å². The summed E-state index contributed by atoms with van der Waals surface area (Å²) in [4.78, 5) is 0. The van der Waals surface area contributed by atoms with E-state index < -0.39 is 6.10 Å². The lowest BCUT2D eigenvalue weighted by Crippen LogP contribution is -2.36. The molecule has 3 rings (SSSR count). The minimum Gasteiger partial charge on any atom is -0.486 e. The highest BCUT2D eigenvalue weighted by Crippen LogP contribution is 2.30. The van der Waals surface area contributed by atoms with E-state index in [9.17, 15) is 5.11 Å². The minimum atomic E-state index is -0.567. The molecule has 1 heterocycles. The second-order valence-corrected chi connectivity index (χ2v) is 6.23. The summed E-state index contributed by atoms with van der Waals surface area (Å²) in [7, 11) is 0. The summed E-state index contributed by atoms with van der Waals surface area (Å²) < 4.78 is 17.1. The average Bonchev–Trinajstić information content (AvgIpc) is 2.66. The lowest BCUT2D eigenvalue weighted by atomic mass is 10.1. The summed E-state index contributed by atoms with van der Waals surface area (Å²) in [6.45, 7) is 3.65. The van der Waals surface area contributed by atoms with Gasteiger partial charge in [-0.25, -0.2) is 0 Å². The molecule has 2 aromatic carbocycles. The van der Waals surface area contributed by atoms with Crippen LogP contribution in [0.15, 0.2) is 54.6 Å². The number of para-hydroxylation sites is 2. The maximum atomic E-state index is 10.1. The van der Waals surface area contributed by atoms with Crippen molar-refractivity contribution in [3.05, 3.63) is 60.2 Å². The zero-order valence-electron chi connectivity index (χ0n) is 14.4. The first-order valence-corrected chi connectivity index (χ1v) is 8.65. The fourth-order valence-electron chi connectivity index (χ4n) is 2.71. The number of nitrogens with one attached hydrogen (secondary N) is 1. The molecule has 0 aromatic heterocycles. The van der Waals surface area contributed by atoms with E-state index in [1.165, 1.54) is 5.56 Å². The fourth-order valence-corrected chi connectivity index (χ4v) is 2.71. The Morgan fingerprint density at radius 1 is 1.12 bits per heavy atom. The molecule has 134 valence electrons. The van der Waals surface area contributed by atoms with Gasteiger partial charge in [0.2, 0.25) is 0 Å². The third-order valence-electron chi connectivity index (χ3n) is 4.14. The minimum absolute atomic E-state index is 0.154. The number of benzene rings is 2. The highest BCUT2D eigenvalue weighted by atomic mass is 16.6. The van der Waals surface area contributed by atoms with Crippen molar-refractivity contribution in [3.8, 4) is 11.5 Å². The first kappa shape index (κ1) is 17.7. The Hall–Kier alpha value is -2.08. The number of hydrogen-bond donors (Lipinski definition) is 2. The zero-order valence-corrected chi connectivity index (χ0v) is 14.4. The van der Waals surface area contributed by atoms with Gasteiger partial charge >= 0.3 is 0 Å². The Bertz CT molecular complexity index is 649. The predicted octanol–water partition coefficient (Wildman–Crippen LogP) is 2.55. The molecule has 25 heavy (non-hydrogen) atoms. The second-order valence-electron chi connectivity index (χ2n) is 6.23. The molecule has 2 N–H and O–H groups in total. The number of hydrogen-bond acceptors (Lipinski definition) is 5. The van der Waals surface area contributed by atoms with E-state index in [-0.39, 0.29) is 18.8 Å². The maximum Gasteiger partial charge on any atom is 0.161 e. The first-order chi connectivity index (χ1) is 12.2. The maximum absolute atomic E-state index is 10.1. The quantitative estimate of drug-likeness (QED) is 0.771. The van der Waals surface area contributed by atoms with E-state index in [0.29, 0.717) is 19.8 Å². The van der Waals surface area contributed by atoms with Crippen LogP contribution < -0.4 is 14.8 Å². The van der Waals surface area contributed by atoms with E-state index in [1.54, 1.807) is 0 Å². The topological polar surface area (TPSA) is 60.0 Å². The van der Waals surface area contributed by atoms with Gasteiger partial charge in [-0.1, -0.05) is 42.5 Å². The molecule has 0 radical (unpaired) electrons. The molecule has 5 nitrogen and oxygen atoms in total. The lowest BCUT2D eigenvalue weighted by Gasteiger charge is -2.26. The second kappa shape index (κ2) is 8.85. The summed E-state index contributed by atoms with van der Waals surface area (Å²) in [6.07, 6.45) is -0.721. The van der Waals surface area contributed by atoms with E-state index >= 15 is 0 Å². The molecule has 2 aromatic rings. The van der Waals surface area contributed by atoms with Crippen molar-refractivity contribution in [2.24, 2.45) is 0 Å². The highest BCUT2D eigenvalue weighted by molar-refractivity contribution is 5.40. The van der Waals surface area contributed by atoms with Crippen LogP contribution in [0.5, 0.6) is 11.5 Å². The van der Waals surface area contributed by atoms with Crippen molar-refractivity contribution < 1.29 is 19.3 Å². The van der Waals surface area contributed by atoms with Gasteiger partial charge < -0.3 is 24.6 Å². The Balaban J connectivity index is 1.34. The van der Waals surface area contributed by atoms with Crippen molar-refractivity contribution in [2.75, 3.05) is 26.4 Å². The van der Waals surface area contributed by atoms with Crippen LogP contribution >= 0.6 is 0 Å². The predicted molar refractivity (Wildman–Crippen MR) is 96.0 cm³/mol. The van der Waals surface area contributed by atoms with E-state index in [0.717, 1.165) is 11.5 Å². The van der Waals surface area contributed by atoms with Crippen LogP contribution in [0.25, 0.3) is 0 Å². The van der Waals surface area contributed by atoms with Gasteiger partial charge in [-0.15, -0.1) is 0 Å². The SMILES string of the molecule is C[C@H](NC[C@@H](O)COC[C@H]1COc2ccccc2O1)c1ccccc1. The molecule has 0 saturated heterocycles. The standard InChI is InChI=1S/C20H25NO4/c1-15(16-7-3-2-4-8-16)21-11-17(22)12-23-13-18-14-24-19-9-5-6-10-20(19)25-18/h2-10,15,17-18,21-22H,11-14H2,1H3/t15-,17+,18-/m0/s1. The molecule has 0 spiro atoms. The normalized spacial score (nSPS) is 18.6. The Morgan fingerprint density at radius 2 is 1.84 bits per heavy atom. The summed E-state index contributed by atoms with van der Waals surface area (Å²) in [5.74, 6) is 1.50. The summed E-state index contributed by atoms with van der Waals surface area (Å²) in [6, 6.07) is 17.9. The van der Waals surface area contributed by atoms with Gasteiger partial charge in [-0.05, 0) is 24.6 Å². The van der Waals surface area contributed by atoms with Crippen molar-refractivity contribution in [1.29, 1.82) is 0 Å². The first-order valence-electron chi connectivity index (χ1n) is 8.65. The largest absolute Gasteiger partial charge is 0.486 e. The molecule has 0 aliphatic carbocycles. The summed E-state index contributed by atoms with van der Waals surface area (Å²) in [5, 5.41) is 13.4. The molecule has 1 aliphatic heterocycles. The lowest BCUT2D eigenvalue weighted by molar-refractivity contribution is -0.0215. The van der Waals surface area contributed by atoms with Crippen molar-refractivity contribution >= 4 is 0 Å². The monoisotopic (exact) mass is 343 g/mol.